The number of likely N-dealkylation sites (tertiary alicyclic amines) is 1. The summed E-state index contributed by atoms with van der Waals surface area (Å²) in [7, 11) is 0. The highest BCUT2D eigenvalue weighted by molar-refractivity contribution is 7.15. The van der Waals surface area contributed by atoms with Gasteiger partial charge >= 0.3 is 0 Å². The van der Waals surface area contributed by atoms with E-state index in [2.05, 4.69) is 9.88 Å². The molecule has 0 amide bonds. The monoisotopic (exact) mass is 303 g/mol. The molecule has 2 atom stereocenters. The number of hydrogen-bond donors (Lipinski definition) is 0. The molecule has 0 unspecified atom stereocenters. The molecule has 1 aliphatic heterocycles. The minimum Gasteiger partial charge on any atom is -0.297 e. The molecule has 0 bridgehead atoms. The first kappa shape index (κ1) is 13.5. The molecule has 0 spiro atoms. The van der Waals surface area contributed by atoms with Gasteiger partial charge in [-0.1, -0.05) is 19.3 Å². The van der Waals surface area contributed by atoms with Crippen LogP contribution in [0, 0.1) is 11.8 Å². The normalized spacial score (nSPS) is 26.9. The third kappa shape index (κ3) is 2.64. The molecule has 112 valence electrons. The minimum atomic E-state index is 0.0452. The second kappa shape index (κ2) is 5.54. The molecule has 0 aromatic carbocycles. The predicted octanol–water partition coefficient (Wildman–Crippen LogP) is 2.77. The molecule has 4 rings (SSSR count). The van der Waals surface area contributed by atoms with Gasteiger partial charge in [0.15, 0.2) is 4.96 Å². The quantitative estimate of drug-likeness (QED) is 0.856. The Kier molecular flexibility index (Phi) is 3.55. The second-order valence-electron chi connectivity index (χ2n) is 6.47. The van der Waals surface area contributed by atoms with Crippen LogP contribution >= 0.6 is 11.3 Å². The van der Waals surface area contributed by atoms with Crippen molar-refractivity contribution in [3.05, 3.63) is 33.7 Å². The van der Waals surface area contributed by atoms with Crippen molar-refractivity contribution < 1.29 is 0 Å². The topological polar surface area (TPSA) is 37.6 Å². The van der Waals surface area contributed by atoms with Crippen molar-refractivity contribution in [2.24, 2.45) is 11.8 Å². The lowest BCUT2D eigenvalue weighted by Gasteiger charge is -2.41. The van der Waals surface area contributed by atoms with E-state index in [1.165, 1.54) is 50.0 Å². The van der Waals surface area contributed by atoms with Crippen LogP contribution in [0.15, 0.2) is 22.4 Å². The van der Waals surface area contributed by atoms with Crippen molar-refractivity contribution >= 4 is 16.3 Å². The first-order chi connectivity index (χ1) is 10.3. The third-order valence-corrected chi connectivity index (χ3v) is 5.87. The molecule has 0 radical (unpaired) electrons. The Labute approximate surface area is 128 Å². The fourth-order valence-corrected chi connectivity index (χ4v) is 4.76. The fraction of sp³-hybridized carbons (Fsp3) is 0.625. The highest BCUT2D eigenvalue weighted by Crippen LogP contribution is 2.36. The van der Waals surface area contributed by atoms with E-state index in [0.717, 1.165) is 35.6 Å². The smallest absolute Gasteiger partial charge is 0.258 e. The van der Waals surface area contributed by atoms with E-state index >= 15 is 0 Å². The molecule has 4 nitrogen and oxygen atoms in total. The summed E-state index contributed by atoms with van der Waals surface area (Å²) in [4.78, 5) is 20.0. The molecular weight excluding hydrogens is 282 g/mol. The van der Waals surface area contributed by atoms with Crippen LogP contribution in [0.5, 0.6) is 0 Å². The number of thiazole rings is 1. The molecule has 5 heteroatoms. The van der Waals surface area contributed by atoms with Crippen molar-refractivity contribution in [2.45, 2.75) is 38.6 Å². The average Bonchev–Trinajstić information content (AvgIpc) is 2.96. The van der Waals surface area contributed by atoms with E-state index in [9.17, 15) is 4.79 Å². The van der Waals surface area contributed by atoms with E-state index in [1.54, 1.807) is 16.7 Å². The SMILES string of the molecule is O=c1cc(CN2CC[C@@H]3CCCC[C@H]3C2)nc2sccn12. The lowest BCUT2D eigenvalue weighted by molar-refractivity contribution is 0.0812. The number of nitrogens with zero attached hydrogens (tertiary/aromatic N) is 3. The molecule has 1 saturated heterocycles. The van der Waals surface area contributed by atoms with E-state index in [1.807, 2.05) is 5.38 Å². The van der Waals surface area contributed by atoms with Crippen LogP contribution in [0.1, 0.15) is 37.8 Å². The van der Waals surface area contributed by atoms with Crippen molar-refractivity contribution in [3.8, 4) is 0 Å². The predicted molar refractivity (Wildman–Crippen MR) is 84.7 cm³/mol. The van der Waals surface area contributed by atoms with E-state index in [0.29, 0.717) is 0 Å². The summed E-state index contributed by atoms with van der Waals surface area (Å²) in [6, 6.07) is 1.70. The second-order valence-corrected chi connectivity index (χ2v) is 7.34. The molecule has 2 aromatic heterocycles. The zero-order chi connectivity index (χ0) is 14.2. The van der Waals surface area contributed by atoms with Gasteiger partial charge in [0.25, 0.3) is 5.56 Å². The molecule has 21 heavy (non-hydrogen) atoms. The van der Waals surface area contributed by atoms with Gasteiger partial charge in [0, 0.05) is 30.7 Å². The maximum absolute atomic E-state index is 12.0. The number of aromatic nitrogens is 2. The summed E-state index contributed by atoms with van der Waals surface area (Å²) in [5, 5.41) is 1.92. The lowest BCUT2D eigenvalue weighted by atomic mass is 9.75. The number of piperidine rings is 1. The minimum absolute atomic E-state index is 0.0452. The Morgan fingerprint density at radius 1 is 1.24 bits per heavy atom. The van der Waals surface area contributed by atoms with E-state index in [4.69, 9.17) is 0 Å². The van der Waals surface area contributed by atoms with Gasteiger partial charge in [0.2, 0.25) is 0 Å². The maximum Gasteiger partial charge on any atom is 0.258 e. The van der Waals surface area contributed by atoms with Crippen LogP contribution < -0.4 is 5.56 Å². The van der Waals surface area contributed by atoms with Gasteiger partial charge in [-0.3, -0.25) is 14.1 Å². The fourth-order valence-electron chi connectivity index (χ4n) is 4.02. The van der Waals surface area contributed by atoms with Crippen LogP contribution in [0.2, 0.25) is 0 Å². The molecule has 1 aliphatic carbocycles. The van der Waals surface area contributed by atoms with Crippen molar-refractivity contribution in [2.75, 3.05) is 13.1 Å². The number of rotatable bonds is 2. The van der Waals surface area contributed by atoms with Gasteiger partial charge in [0.05, 0.1) is 5.69 Å². The molecule has 3 heterocycles. The largest absolute Gasteiger partial charge is 0.297 e. The van der Waals surface area contributed by atoms with Gasteiger partial charge < -0.3 is 0 Å². The number of hydrogen-bond acceptors (Lipinski definition) is 4. The third-order valence-electron chi connectivity index (χ3n) is 5.12. The summed E-state index contributed by atoms with van der Waals surface area (Å²) in [5.74, 6) is 1.83. The lowest BCUT2D eigenvalue weighted by Crippen LogP contribution is -2.41. The van der Waals surface area contributed by atoms with Crippen LogP contribution in [0.3, 0.4) is 0 Å². The van der Waals surface area contributed by atoms with Gasteiger partial charge in [-0.05, 0) is 31.2 Å². The van der Waals surface area contributed by atoms with Gasteiger partial charge in [0.1, 0.15) is 0 Å². The van der Waals surface area contributed by atoms with Crippen molar-refractivity contribution in [3.63, 3.8) is 0 Å². The van der Waals surface area contributed by atoms with Crippen LogP contribution in [0.25, 0.3) is 4.96 Å². The number of fused-ring (bicyclic) bond motifs is 2. The first-order valence-electron chi connectivity index (χ1n) is 7.98. The van der Waals surface area contributed by atoms with Crippen LogP contribution in [-0.4, -0.2) is 27.4 Å². The zero-order valence-electron chi connectivity index (χ0n) is 12.2. The first-order valence-corrected chi connectivity index (χ1v) is 8.86. The Morgan fingerprint density at radius 2 is 2.10 bits per heavy atom. The average molecular weight is 303 g/mol. The molecule has 0 N–H and O–H groups in total. The molecule has 1 saturated carbocycles. The van der Waals surface area contributed by atoms with Gasteiger partial charge in [-0.25, -0.2) is 4.98 Å². The zero-order valence-corrected chi connectivity index (χ0v) is 13.0. The van der Waals surface area contributed by atoms with Crippen LogP contribution in [0.4, 0.5) is 0 Å². The van der Waals surface area contributed by atoms with E-state index in [-0.39, 0.29) is 5.56 Å². The summed E-state index contributed by atoms with van der Waals surface area (Å²) in [6.45, 7) is 3.18. The van der Waals surface area contributed by atoms with Crippen molar-refractivity contribution in [1.29, 1.82) is 0 Å². The summed E-state index contributed by atoms with van der Waals surface area (Å²) < 4.78 is 1.63. The summed E-state index contributed by atoms with van der Waals surface area (Å²) in [5.41, 5.74) is 0.973. The molecule has 2 fully saturated rings. The molecular formula is C16H21N3OS. The van der Waals surface area contributed by atoms with Gasteiger partial charge in [-0.15, -0.1) is 11.3 Å². The highest BCUT2D eigenvalue weighted by Gasteiger charge is 2.31. The standard InChI is InChI=1S/C16H21N3OS/c20-15-9-14(17-16-19(15)7-8-21-16)11-18-6-5-12-3-1-2-4-13(12)10-18/h7-9,12-13H,1-6,10-11H2/t12-,13-/m0/s1. The Hall–Kier alpha value is -1.20. The summed E-state index contributed by atoms with van der Waals surface area (Å²) in [6.07, 6.45) is 8.77. The molecule has 2 aromatic rings. The van der Waals surface area contributed by atoms with Gasteiger partial charge in [-0.2, -0.15) is 0 Å². The Balaban J connectivity index is 1.50. The van der Waals surface area contributed by atoms with Crippen LogP contribution in [-0.2, 0) is 6.54 Å². The Bertz CT molecular complexity index is 692. The van der Waals surface area contributed by atoms with Crippen molar-refractivity contribution in [1.82, 2.24) is 14.3 Å². The summed E-state index contributed by atoms with van der Waals surface area (Å²) >= 11 is 1.53. The molecule has 2 aliphatic rings. The highest BCUT2D eigenvalue weighted by atomic mass is 32.1. The Morgan fingerprint density at radius 3 is 3.00 bits per heavy atom. The maximum atomic E-state index is 12.0. The van der Waals surface area contributed by atoms with E-state index < -0.39 is 0 Å².